The summed E-state index contributed by atoms with van der Waals surface area (Å²) in [6.07, 6.45) is 10.9. The number of aliphatic hydroxyl groups is 2. The molecule has 0 aromatic carbocycles. The van der Waals surface area contributed by atoms with E-state index in [0.717, 1.165) is 51.4 Å². The molecule has 26 heavy (non-hydrogen) atoms. The first-order chi connectivity index (χ1) is 12.5. The quantitative estimate of drug-likeness (QED) is 0.160. The van der Waals surface area contributed by atoms with Crippen LogP contribution < -0.4 is 0 Å². The van der Waals surface area contributed by atoms with Crippen molar-refractivity contribution in [2.45, 2.75) is 95.9 Å². The van der Waals surface area contributed by atoms with Gasteiger partial charge >= 0.3 is 5.97 Å². The molecule has 0 spiro atoms. The predicted octanol–water partition coefficient (Wildman–Crippen LogP) is 3.76. The van der Waals surface area contributed by atoms with E-state index in [1.807, 2.05) is 6.08 Å². The fourth-order valence-corrected chi connectivity index (χ4v) is 3.82. The van der Waals surface area contributed by atoms with Gasteiger partial charge in [-0.25, -0.2) is 4.89 Å². The molecule has 0 saturated heterocycles. The van der Waals surface area contributed by atoms with E-state index >= 15 is 0 Å². The van der Waals surface area contributed by atoms with Gasteiger partial charge in [-0.15, -0.1) is 0 Å². The van der Waals surface area contributed by atoms with Crippen LogP contribution in [0.3, 0.4) is 0 Å². The fraction of sp³-hybridized carbons (Fsp3) is 0.850. The third kappa shape index (κ3) is 8.62. The maximum Gasteiger partial charge on any atom is 0.303 e. The highest BCUT2D eigenvalue weighted by Crippen LogP contribution is 2.37. The molecule has 0 aromatic rings. The van der Waals surface area contributed by atoms with Gasteiger partial charge in [0.25, 0.3) is 0 Å². The summed E-state index contributed by atoms with van der Waals surface area (Å²) in [7, 11) is 0. The predicted molar refractivity (Wildman–Crippen MR) is 99.7 cm³/mol. The van der Waals surface area contributed by atoms with E-state index in [9.17, 15) is 15.0 Å². The monoisotopic (exact) mass is 372 g/mol. The van der Waals surface area contributed by atoms with Crippen molar-refractivity contribution in [2.24, 2.45) is 11.8 Å². The van der Waals surface area contributed by atoms with Crippen LogP contribution in [-0.2, 0) is 9.68 Å². The second kappa shape index (κ2) is 13.3. The standard InChI is InChI=1S/C20H36O6/c1-2-3-6-9-15(26-25)12-13-17-16(18(21)14-19(17)22)10-7-4-5-8-11-20(23)24/h12-13,15-19,21-22,25H,2-11,14H2,1H3,(H,23,24)/t15?,16-,17-,18+,19-/m1/s1. The van der Waals surface area contributed by atoms with Crippen molar-refractivity contribution in [3.63, 3.8) is 0 Å². The van der Waals surface area contributed by atoms with Crippen LogP contribution in [0.25, 0.3) is 0 Å². The molecule has 152 valence electrons. The molecule has 1 aliphatic carbocycles. The van der Waals surface area contributed by atoms with E-state index in [0.29, 0.717) is 12.8 Å². The van der Waals surface area contributed by atoms with Crippen LogP contribution in [0.5, 0.6) is 0 Å². The van der Waals surface area contributed by atoms with E-state index in [-0.39, 0.29) is 24.4 Å². The average molecular weight is 373 g/mol. The molecule has 0 amide bonds. The molecule has 0 heterocycles. The van der Waals surface area contributed by atoms with Crippen LogP contribution in [0.4, 0.5) is 0 Å². The topological polar surface area (TPSA) is 107 Å². The van der Waals surface area contributed by atoms with Gasteiger partial charge in [-0.05, 0) is 25.2 Å². The molecule has 1 fully saturated rings. The van der Waals surface area contributed by atoms with Gasteiger partial charge in [-0.2, -0.15) is 0 Å². The number of hydrogen-bond acceptors (Lipinski definition) is 5. The highest BCUT2D eigenvalue weighted by atomic mass is 17.1. The lowest BCUT2D eigenvalue weighted by atomic mass is 9.88. The van der Waals surface area contributed by atoms with Crippen molar-refractivity contribution >= 4 is 5.97 Å². The van der Waals surface area contributed by atoms with E-state index in [2.05, 4.69) is 11.8 Å². The highest BCUT2D eigenvalue weighted by molar-refractivity contribution is 5.66. The Hall–Kier alpha value is -0.950. The Balaban J connectivity index is 2.44. The first-order valence-electron chi connectivity index (χ1n) is 10.1. The van der Waals surface area contributed by atoms with Crippen LogP contribution in [0.1, 0.15) is 77.6 Å². The van der Waals surface area contributed by atoms with Gasteiger partial charge < -0.3 is 15.3 Å². The van der Waals surface area contributed by atoms with E-state index in [4.69, 9.17) is 10.4 Å². The number of rotatable bonds is 14. The molecule has 0 aromatic heterocycles. The summed E-state index contributed by atoms with van der Waals surface area (Å²) in [5.41, 5.74) is 0. The van der Waals surface area contributed by atoms with Gasteiger partial charge in [0.15, 0.2) is 0 Å². The van der Waals surface area contributed by atoms with Crippen molar-refractivity contribution in [1.29, 1.82) is 0 Å². The summed E-state index contributed by atoms with van der Waals surface area (Å²) in [5.74, 6) is -0.896. The molecule has 0 bridgehead atoms. The Morgan fingerprint density at radius 3 is 2.50 bits per heavy atom. The molecule has 0 aliphatic heterocycles. The first-order valence-corrected chi connectivity index (χ1v) is 10.1. The van der Waals surface area contributed by atoms with Crippen LogP contribution in [0, 0.1) is 11.8 Å². The van der Waals surface area contributed by atoms with Gasteiger partial charge in [0.1, 0.15) is 6.10 Å². The molecule has 1 aliphatic rings. The molecule has 4 N–H and O–H groups in total. The minimum Gasteiger partial charge on any atom is -0.481 e. The number of carboxylic acid groups (broad SMARTS) is 1. The lowest BCUT2D eigenvalue weighted by Gasteiger charge is -2.21. The zero-order valence-corrected chi connectivity index (χ0v) is 15.9. The minimum atomic E-state index is -0.760. The number of aliphatic hydroxyl groups excluding tert-OH is 2. The summed E-state index contributed by atoms with van der Waals surface area (Å²) in [6, 6.07) is 0. The number of unbranched alkanes of at least 4 members (excludes halogenated alkanes) is 5. The van der Waals surface area contributed by atoms with Gasteiger partial charge in [-0.1, -0.05) is 57.6 Å². The number of carbonyl (C=O) groups is 1. The third-order valence-electron chi connectivity index (χ3n) is 5.37. The van der Waals surface area contributed by atoms with E-state index in [1.54, 1.807) is 6.08 Å². The molecule has 6 heteroatoms. The molecule has 1 unspecified atom stereocenters. The normalized spacial score (nSPS) is 27.2. The molecule has 6 nitrogen and oxygen atoms in total. The lowest BCUT2D eigenvalue weighted by molar-refractivity contribution is -0.267. The van der Waals surface area contributed by atoms with Crippen molar-refractivity contribution in [1.82, 2.24) is 0 Å². The van der Waals surface area contributed by atoms with Crippen LogP contribution in [-0.4, -0.2) is 44.9 Å². The Bertz CT molecular complexity index is 411. The van der Waals surface area contributed by atoms with Crippen molar-refractivity contribution in [2.75, 3.05) is 0 Å². The van der Waals surface area contributed by atoms with Gasteiger partial charge in [-0.3, -0.25) is 10.1 Å². The van der Waals surface area contributed by atoms with E-state index < -0.39 is 18.2 Å². The Morgan fingerprint density at radius 2 is 1.85 bits per heavy atom. The summed E-state index contributed by atoms with van der Waals surface area (Å²) in [4.78, 5) is 15.0. The zero-order chi connectivity index (χ0) is 19.4. The fourth-order valence-electron chi connectivity index (χ4n) is 3.82. The Morgan fingerprint density at radius 1 is 1.12 bits per heavy atom. The first kappa shape index (κ1) is 23.1. The zero-order valence-electron chi connectivity index (χ0n) is 15.9. The third-order valence-corrected chi connectivity index (χ3v) is 5.37. The summed E-state index contributed by atoms with van der Waals surface area (Å²) in [5, 5.41) is 38.2. The average Bonchev–Trinajstić information content (AvgIpc) is 2.87. The summed E-state index contributed by atoms with van der Waals surface area (Å²) in [6.45, 7) is 2.12. The van der Waals surface area contributed by atoms with Crippen molar-refractivity contribution in [3.8, 4) is 0 Å². The second-order valence-electron chi connectivity index (χ2n) is 7.48. The second-order valence-corrected chi connectivity index (χ2v) is 7.48. The largest absolute Gasteiger partial charge is 0.481 e. The van der Waals surface area contributed by atoms with Crippen LogP contribution in [0.15, 0.2) is 12.2 Å². The maximum absolute atomic E-state index is 10.5. The van der Waals surface area contributed by atoms with Gasteiger partial charge in [0.05, 0.1) is 12.2 Å². The summed E-state index contributed by atoms with van der Waals surface area (Å²) >= 11 is 0. The lowest BCUT2D eigenvalue weighted by Crippen LogP contribution is -2.21. The Labute approximate surface area is 156 Å². The summed E-state index contributed by atoms with van der Waals surface area (Å²) < 4.78 is 0. The molecular formula is C20H36O6. The SMILES string of the molecule is CCCCCC(C=C[C@@H]1[C@@H](CCCCCCC(=O)O)[C@@H](O)C[C@H]1O)OO. The smallest absolute Gasteiger partial charge is 0.303 e. The Kier molecular flexibility index (Phi) is 11.8. The molecular weight excluding hydrogens is 336 g/mol. The molecule has 1 rings (SSSR count). The van der Waals surface area contributed by atoms with Crippen molar-refractivity contribution < 1.29 is 30.3 Å². The minimum absolute atomic E-state index is 0.00397. The van der Waals surface area contributed by atoms with Crippen LogP contribution >= 0.6 is 0 Å². The number of aliphatic carboxylic acids is 1. The maximum atomic E-state index is 10.5. The van der Waals surface area contributed by atoms with Gasteiger partial charge in [0, 0.05) is 18.8 Å². The highest BCUT2D eigenvalue weighted by Gasteiger charge is 2.39. The van der Waals surface area contributed by atoms with E-state index in [1.165, 1.54) is 0 Å². The van der Waals surface area contributed by atoms with Gasteiger partial charge in [0.2, 0.25) is 0 Å². The number of hydrogen-bond donors (Lipinski definition) is 4. The molecule has 0 radical (unpaired) electrons. The molecule has 5 atom stereocenters. The number of carboxylic acids is 1. The van der Waals surface area contributed by atoms with Crippen LogP contribution in [0.2, 0.25) is 0 Å². The van der Waals surface area contributed by atoms with Crippen molar-refractivity contribution in [3.05, 3.63) is 12.2 Å². The molecule has 1 saturated carbocycles.